The van der Waals surface area contributed by atoms with E-state index >= 15 is 0 Å². The van der Waals surface area contributed by atoms with Gasteiger partial charge in [0, 0.05) is 4.88 Å². The highest BCUT2D eigenvalue weighted by Gasteiger charge is 2.24. The number of thiophene rings is 1. The Hall–Kier alpha value is -2.73. The number of aromatic nitrogens is 2. The van der Waals surface area contributed by atoms with Crippen LogP contribution in [-0.4, -0.2) is 21.0 Å². The molecule has 2 heterocycles. The van der Waals surface area contributed by atoms with Crippen LogP contribution in [0.1, 0.15) is 32.9 Å². The normalized spacial score (nSPS) is 12.7. The van der Waals surface area contributed by atoms with Gasteiger partial charge in [0.05, 0.1) is 11.6 Å². The third-order valence-corrected chi connectivity index (χ3v) is 4.46. The standard InChI is InChI=1S/C12H9N5O3S/c13-5-7-6-2-1-3-9(6)21-12(7)14-11(18)8-4-10(16-15-8)17(19)20/h4H,1-3H2,(H,14,18)(H,15,16). The number of nitriles is 1. The summed E-state index contributed by atoms with van der Waals surface area (Å²) in [6.07, 6.45) is 2.78. The Kier molecular flexibility index (Phi) is 3.15. The van der Waals surface area contributed by atoms with Gasteiger partial charge >= 0.3 is 5.82 Å². The zero-order valence-electron chi connectivity index (χ0n) is 10.7. The second-order valence-electron chi connectivity index (χ2n) is 4.52. The van der Waals surface area contributed by atoms with E-state index in [2.05, 4.69) is 21.6 Å². The van der Waals surface area contributed by atoms with Crippen LogP contribution >= 0.6 is 11.3 Å². The van der Waals surface area contributed by atoms with E-state index in [1.54, 1.807) is 0 Å². The fourth-order valence-electron chi connectivity index (χ4n) is 2.30. The quantitative estimate of drug-likeness (QED) is 0.662. The van der Waals surface area contributed by atoms with Gasteiger partial charge in [-0.25, -0.2) is 0 Å². The molecule has 1 amide bonds. The maximum Gasteiger partial charge on any atom is 0.343 e. The summed E-state index contributed by atoms with van der Waals surface area (Å²) in [5.74, 6) is -0.926. The molecule has 2 aromatic rings. The van der Waals surface area contributed by atoms with Crippen molar-refractivity contribution in [3.05, 3.63) is 37.9 Å². The Balaban J connectivity index is 1.85. The molecular formula is C12H9N5O3S. The molecule has 1 aliphatic carbocycles. The maximum absolute atomic E-state index is 12.0. The van der Waals surface area contributed by atoms with Crippen molar-refractivity contribution in [2.45, 2.75) is 19.3 Å². The van der Waals surface area contributed by atoms with Gasteiger partial charge in [-0.05, 0) is 29.7 Å². The number of amides is 1. The molecule has 0 aromatic carbocycles. The van der Waals surface area contributed by atoms with E-state index in [1.165, 1.54) is 11.3 Å². The van der Waals surface area contributed by atoms with E-state index in [0.717, 1.165) is 35.8 Å². The molecule has 21 heavy (non-hydrogen) atoms. The summed E-state index contributed by atoms with van der Waals surface area (Å²) in [5.41, 5.74) is 1.41. The molecule has 1 aliphatic rings. The minimum Gasteiger partial charge on any atom is -0.358 e. The average Bonchev–Trinajstić information content (AvgIpc) is 3.13. The lowest BCUT2D eigenvalue weighted by atomic mass is 10.1. The van der Waals surface area contributed by atoms with Crippen LogP contribution in [0.5, 0.6) is 0 Å². The number of hydrogen-bond donors (Lipinski definition) is 2. The highest BCUT2D eigenvalue weighted by molar-refractivity contribution is 7.16. The predicted molar refractivity (Wildman–Crippen MR) is 74.3 cm³/mol. The van der Waals surface area contributed by atoms with Crippen molar-refractivity contribution in [1.29, 1.82) is 5.26 Å². The first-order chi connectivity index (χ1) is 10.1. The lowest BCUT2D eigenvalue weighted by Crippen LogP contribution is -2.12. The molecule has 0 radical (unpaired) electrons. The van der Waals surface area contributed by atoms with Gasteiger partial charge in [0.15, 0.2) is 5.69 Å². The molecule has 8 nitrogen and oxygen atoms in total. The number of carbonyl (C=O) groups is 1. The van der Waals surface area contributed by atoms with Gasteiger partial charge < -0.3 is 15.4 Å². The number of nitro groups is 1. The van der Waals surface area contributed by atoms with E-state index in [4.69, 9.17) is 0 Å². The van der Waals surface area contributed by atoms with Gasteiger partial charge in [0.25, 0.3) is 5.91 Å². The monoisotopic (exact) mass is 303 g/mol. The molecule has 0 saturated carbocycles. The second-order valence-corrected chi connectivity index (χ2v) is 5.63. The van der Waals surface area contributed by atoms with Crippen molar-refractivity contribution < 1.29 is 9.72 Å². The molecule has 0 spiro atoms. The molecule has 0 atom stereocenters. The first kappa shape index (κ1) is 13.3. The molecule has 0 saturated heterocycles. The zero-order chi connectivity index (χ0) is 15.0. The van der Waals surface area contributed by atoms with Gasteiger partial charge in [-0.3, -0.25) is 4.79 Å². The Morgan fingerprint density at radius 1 is 1.57 bits per heavy atom. The Bertz CT molecular complexity index is 785. The SMILES string of the molecule is N#Cc1c(NC(=O)c2cc([N+](=O)[O-])[nH]n2)sc2c1CCC2. The van der Waals surface area contributed by atoms with Crippen molar-refractivity contribution in [2.24, 2.45) is 0 Å². The Morgan fingerprint density at radius 3 is 3.05 bits per heavy atom. The van der Waals surface area contributed by atoms with E-state index < -0.39 is 10.8 Å². The second kappa shape index (κ2) is 4.99. The number of fused-ring (bicyclic) bond motifs is 1. The molecule has 2 aromatic heterocycles. The van der Waals surface area contributed by atoms with Crippen molar-refractivity contribution in [2.75, 3.05) is 5.32 Å². The first-order valence-corrected chi connectivity index (χ1v) is 6.97. The van der Waals surface area contributed by atoms with Crippen LogP contribution in [0.25, 0.3) is 0 Å². The summed E-state index contributed by atoms with van der Waals surface area (Å²) in [7, 11) is 0. The first-order valence-electron chi connectivity index (χ1n) is 6.16. The minimum absolute atomic E-state index is 0.0841. The summed E-state index contributed by atoms with van der Waals surface area (Å²) in [6.45, 7) is 0. The number of aromatic amines is 1. The van der Waals surface area contributed by atoms with Gasteiger partial charge in [0.1, 0.15) is 11.1 Å². The fourth-order valence-corrected chi connectivity index (χ4v) is 3.53. The van der Waals surface area contributed by atoms with E-state index in [1.807, 2.05) is 0 Å². The van der Waals surface area contributed by atoms with Gasteiger partial charge in [-0.1, -0.05) is 5.10 Å². The van der Waals surface area contributed by atoms with Crippen molar-refractivity contribution in [3.63, 3.8) is 0 Å². The molecule has 2 N–H and O–H groups in total. The number of H-pyrrole nitrogens is 1. The Morgan fingerprint density at radius 2 is 2.38 bits per heavy atom. The maximum atomic E-state index is 12.0. The third-order valence-electron chi connectivity index (χ3n) is 3.25. The molecule has 0 unspecified atom stereocenters. The number of aryl methyl sites for hydroxylation is 1. The average molecular weight is 303 g/mol. The lowest BCUT2D eigenvalue weighted by molar-refractivity contribution is -0.389. The fraction of sp³-hybridized carbons (Fsp3) is 0.250. The van der Waals surface area contributed by atoms with Crippen molar-refractivity contribution in [3.8, 4) is 6.07 Å². The summed E-state index contributed by atoms with van der Waals surface area (Å²) in [5, 5.41) is 28.6. The number of nitrogens with zero attached hydrogens (tertiary/aromatic N) is 3. The number of hydrogen-bond acceptors (Lipinski definition) is 6. The summed E-state index contributed by atoms with van der Waals surface area (Å²) in [4.78, 5) is 23.0. The number of anilines is 1. The predicted octanol–water partition coefficient (Wildman–Crippen LogP) is 1.99. The Labute approximate surface area is 122 Å². The lowest BCUT2D eigenvalue weighted by Gasteiger charge is -2.00. The smallest absolute Gasteiger partial charge is 0.343 e. The number of carbonyl (C=O) groups excluding carboxylic acids is 1. The molecule has 106 valence electrons. The van der Waals surface area contributed by atoms with Crippen LogP contribution in [0.4, 0.5) is 10.8 Å². The highest BCUT2D eigenvalue weighted by Crippen LogP contribution is 2.38. The van der Waals surface area contributed by atoms with E-state index in [-0.39, 0.29) is 11.5 Å². The summed E-state index contributed by atoms with van der Waals surface area (Å²) >= 11 is 1.38. The minimum atomic E-state index is -0.663. The molecular weight excluding hydrogens is 294 g/mol. The molecule has 0 aliphatic heterocycles. The molecule has 9 heteroatoms. The number of rotatable bonds is 3. The van der Waals surface area contributed by atoms with Gasteiger partial charge in [0.2, 0.25) is 0 Å². The van der Waals surface area contributed by atoms with Crippen LogP contribution in [0.15, 0.2) is 6.07 Å². The van der Waals surface area contributed by atoms with Crippen LogP contribution in [-0.2, 0) is 12.8 Å². The van der Waals surface area contributed by atoms with E-state index in [0.29, 0.717) is 10.6 Å². The van der Waals surface area contributed by atoms with Crippen LogP contribution in [0.2, 0.25) is 0 Å². The third kappa shape index (κ3) is 2.25. The van der Waals surface area contributed by atoms with Crippen LogP contribution in [0, 0.1) is 21.4 Å². The van der Waals surface area contributed by atoms with Crippen LogP contribution in [0.3, 0.4) is 0 Å². The number of nitrogens with one attached hydrogen (secondary N) is 2. The van der Waals surface area contributed by atoms with Crippen molar-refractivity contribution in [1.82, 2.24) is 10.2 Å². The summed E-state index contributed by atoms with van der Waals surface area (Å²) in [6, 6.07) is 3.17. The van der Waals surface area contributed by atoms with Crippen molar-refractivity contribution >= 4 is 28.1 Å². The molecule has 0 bridgehead atoms. The van der Waals surface area contributed by atoms with Crippen LogP contribution < -0.4 is 5.32 Å². The molecule has 3 rings (SSSR count). The topological polar surface area (TPSA) is 125 Å². The van der Waals surface area contributed by atoms with Gasteiger partial charge in [-0.2, -0.15) is 5.26 Å². The zero-order valence-corrected chi connectivity index (χ0v) is 11.5. The van der Waals surface area contributed by atoms with E-state index in [9.17, 15) is 20.2 Å². The van der Waals surface area contributed by atoms with Gasteiger partial charge in [-0.15, -0.1) is 16.4 Å². The highest BCUT2D eigenvalue weighted by atomic mass is 32.1. The molecule has 0 fully saturated rings. The largest absolute Gasteiger partial charge is 0.358 e. The summed E-state index contributed by atoms with van der Waals surface area (Å²) < 4.78 is 0.